The summed E-state index contributed by atoms with van der Waals surface area (Å²) in [6.45, 7) is -0.479. The van der Waals surface area contributed by atoms with E-state index in [1.54, 1.807) is 0 Å². The molecule has 0 aromatic heterocycles. The molecule has 0 heterocycles. The Bertz CT molecular complexity index is 632. The summed E-state index contributed by atoms with van der Waals surface area (Å²) in [7, 11) is -4.62. The van der Waals surface area contributed by atoms with Crippen LogP contribution in [0.25, 0.3) is 5.76 Å². The molecule has 0 saturated carbocycles. The minimum Gasteiger partial charge on any atom is -0.461 e. The molecule has 0 unspecified atom stereocenters. The van der Waals surface area contributed by atoms with E-state index in [9.17, 15) is 30.4 Å². The Hall–Kier alpha value is -1.88. The maximum atomic E-state index is 12.7. The van der Waals surface area contributed by atoms with Crippen LogP contribution in [0.1, 0.15) is 5.56 Å². The SMILES string of the molecule is COCOC(=C(F)F)c1ccc(OS(=O)(=O)C(F)(F)F)cc1. The molecule has 0 radical (unpaired) electrons. The summed E-state index contributed by atoms with van der Waals surface area (Å²) in [6, 6.07) is 3.37. The first kappa shape index (κ1) is 18.2. The molecule has 0 spiro atoms. The summed E-state index contributed by atoms with van der Waals surface area (Å²) in [5, 5.41) is 0. The fourth-order valence-electron chi connectivity index (χ4n) is 1.20. The van der Waals surface area contributed by atoms with Gasteiger partial charge < -0.3 is 13.7 Å². The monoisotopic (exact) mass is 348 g/mol. The molecule has 0 saturated heterocycles. The third-order valence-electron chi connectivity index (χ3n) is 2.10. The van der Waals surface area contributed by atoms with E-state index in [1.807, 2.05) is 0 Å². The molecular formula is C11H9F5O5S. The van der Waals surface area contributed by atoms with E-state index < -0.39 is 40.0 Å². The van der Waals surface area contributed by atoms with Crippen LogP contribution >= 0.6 is 0 Å². The van der Waals surface area contributed by atoms with Gasteiger partial charge in [0.2, 0.25) is 0 Å². The standard InChI is InChI=1S/C11H9F5O5S/c1-19-6-20-9(10(12)13)7-2-4-8(5-3-7)21-22(17,18)11(14,15)16/h2-5H,6H2,1H3. The number of benzene rings is 1. The van der Waals surface area contributed by atoms with Crippen molar-refractivity contribution in [2.24, 2.45) is 0 Å². The molecular weight excluding hydrogens is 339 g/mol. The third-order valence-corrected chi connectivity index (χ3v) is 3.08. The van der Waals surface area contributed by atoms with Crippen molar-refractivity contribution < 1.29 is 44.0 Å². The zero-order chi connectivity index (χ0) is 17.0. The first-order valence-corrected chi connectivity index (χ1v) is 6.77. The molecule has 5 nitrogen and oxygen atoms in total. The van der Waals surface area contributed by atoms with Gasteiger partial charge in [0.15, 0.2) is 12.6 Å². The van der Waals surface area contributed by atoms with Gasteiger partial charge in [-0.05, 0) is 24.3 Å². The molecule has 1 aromatic rings. The van der Waals surface area contributed by atoms with E-state index in [0.29, 0.717) is 0 Å². The maximum absolute atomic E-state index is 12.7. The van der Waals surface area contributed by atoms with Crippen molar-refractivity contribution in [3.63, 3.8) is 0 Å². The van der Waals surface area contributed by atoms with E-state index >= 15 is 0 Å². The number of alkyl halides is 3. The first-order valence-electron chi connectivity index (χ1n) is 5.36. The number of hydrogen-bond donors (Lipinski definition) is 0. The molecule has 0 aliphatic heterocycles. The minimum atomic E-state index is -5.83. The molecule has 124 valence electrons. The summed E-state index contributed by atoms with van der Waals surface area (Å²) in [4.78, 5) is 0. The maximum Gasteiger partial charge on any atom is 0.534 e. The van der Waals surface area contributed by atoms with Crippen LogP contribution < -0.4 is 4.18 Å². The highest BCUT2D eigenvalue weighted by atomic mass is 32.2. The lowest BCUT2D eigenvalue weighted by Gasteiger charge is -2.11. The number of methoxy groups -OCH3 is 1. The van der Waals surface area contributed by atoms with Crippen LogP contribution in [-0.4, -0.2) is 27.8 Å². The number of ether oxygens (including phenoxy) is 2. The molecule has 11 heteroatoms. The minimum absolute atomic E-state index is 0.200. The average Bonchev–Trinajstić information content (AvgIpc) is 2.39. The normalized spacial score (nSPS) is 11.9. The van der Waals surface area contributed by atoms with Crippen molar-refractivity contribution in [1.29, 1.82) is 0 Å². The van der Waals surface area contributed by atoms with E-state index in [1.165, 1.54) is 7.11 Å². The van der Waals surface area contributed by atoms with Crippen LogP contribution in [-0.2, 0) is 19.6 Å². The van der Waals surface area contributed by atoms with E-state index in [4.69, 9.17) is 0 Å². The van der Waals surface area contributed by atoms with Crippen molar-refractivity contribution in [1.82, 2.24) is 0 Å². The summed E-state index contributed by atoms with van der Waals surface area (Å²) < 4.78 is 96.1. The number of halogens is 5. The van der Waals surface area contributed by atoms with Crippen molar-refractivity contribution in [3.05, 3.63) is 35.9 Å². The topological polar surface area (TPSA) is 61.8 Å². The Balaban J connectivity index is 2.98. The third kappa shape index (κ3) is 4.56. The fraction of sp³-hybridized carbons (Fsp3) is 0.273. The van der Waals surface area contributed by atoms with E-state index in [2.05, 4.69) is 13.7 Å². The first-order chi connectivity index (χ1) is 10.1. The molecule has 0 aliphatic carbocycles. The summed E-state index contributed by atoms with van der Waals surface area (Å²) in [6.07, 6.45) is -2.19. The van der Waals surface area contributed by atoms with Crippen LogP contribution in [0.15, 0.2) is 30.3 Å². The van der Waals surface area contributed by atoms with Crippen LogP contribution in [0, 0.1) is 0 Å². The van der Waals surface area contributed by atoms with Crippen LogP contribution in [0.3, 0.4) is 0 Å². The number of rotatable bonds is 6. The molecule has 0 amide bonds. The van der Waals surface area contributed by atoms with Gasteiger partial charge in [0.05, 0.1) is 0 Å². The summed E-state index contributed by atoms with van der Waals surface area (Å²) in [5.41, 5.74) is -5.79. The molecule has 0 N–H and O–H groups in total. The zero-order valence-electron chi connectivity index (χ0n) is 10.9. The van der Waals surface area contributed by atoms with Gasteiger partial charge >= 0.3 is 21.7 Å². The summed E-state index contributed by atoms with van der Waals surface area (Å²) in [5.74, 6) is -1.54. The van der Waals surface area contributed by atoms with Gasteiger partial charge in [-0.25, -0.2) is 0 Å². The molecule has 22 heavy (non-hydrogen) atoms. The van der Waals surface area contributed by atoms with Gasteiger partial charge in [0.1, 0.15) is 5.75 Å². The Labute approximate surface area is 122 Å². The quantitative estimate of drug-likeness (QED) is 0.260. The number of hydrogen-bond acceptors (Lipinski definition) is 5. The summed E-state index contributed by atoms with van der Waals surface area (Å²) >= 11 is 0. The van der Waals surface area contributed by atoms with Crippen molar-refractivity contribution >= 4 is 15.9 Å². The Morgan fingerprint density at radius 3 is 2.09 bits per heavy atom. The highest BCUT2D eigenvalue weighted by molar-refractivity contribution is 7.87. The second-order valence-corrected chi connectivity index (χ2v) is 5.19. The van der Waals surface area contributed by atoms with Crippen LogP contribution in [0.5, 0.6) is 5.75 Å². The largest absolute Gasteiger partial charge is 0.534 e. The predicted octanol–water partition coefficient (Wildman–Crippen LogP) is 3.10. The van der Waals surface area contributed by atoms with Gasteiger partial charge in [-0.1, -0.05) is 0 Å². The lowest BCUT2D eigenvalue weighted by atomic mass is 10.2. The fourth-order valence-corrected chi connectivity index (χ4v) is 1.66. The predicted molar refractivity (Wildman–Crippen MR) is 64.1 cm³/mol. The average molecular weight is 348 g/mol. The smallest absolute Gasteiger partial charge is 0.461 e. The van der Waals surface area contributed by atoms with Crippen molar-refractivity contribution in [2.75, 3.05) is 13.9 Å². The van der Waals surface area contributed by atoms with E-state index in [-0.39, 0.29) is 5.56 Å². The highest BCUT2D eigenvalue weighted by Gasteiger charge is 2.48. The lowest BCUT2D eigenvalue weighted by molar-refractivity contribution is -0.0500. The second-order valence-electron chi connectivity index (χ2n) is 3.65. The lowest BCUT2D eigenvalue weighted by Crippen LogP contribution is -2.28. The van der Waals surface area contributed by atoms with Gasteiger partial charge in [-0.3, -0.25) is 0 Å². The van der Waals surface area contributed by atoms with Crippen LogP contribution in [0.2, 0.25) is 0 Å². The van der Waals surface area contributed by atoms with Gasteiger partial charge in [0.25, 0.3) is 0 Å². The van der Waals surface area contributed by atoms with Crippen molar-refractivity contribution in [2.45, 2.75) is 5.51 Å². The van der Waals surface area contributed by atoms with E-state index in [0.717, 1.165) is 24.3 Å². The molecule has 0 bridgehead atoms. The molecule has 1 rings (SSSR count). The van der Waals surface area contributed by atoms with Crippen LogP contribution in [0.4, 0.5) is 22.0 Å². The molecule has 0 atom stereocenters. The molecule has 0 fully saturated rings. The Morgan fingerprint density at radius 2 is 1.68 bits per heavy atom. The van der Waals surface area contributed by atoms with Crippen molar-refractivity contribution in [3.8, 4) is 5.75 Å². The second kappa shape index (κ2) is 6.92. The van der Waals surface area contributed by atoms with Gasteiger partial charge in [-0.2, -0.15) is 30.4 Å². The van der Waals surface area contributed by atoms with Gasteiger partial charge in [0, 0.05) is 12.7 Å². The molecule has 0 aliphatic rings. The highest BCUT2D eigenvalue weighted by Crippen LogP contribution is 2.29. The Kier molecular flexibility index (Phi) is 5.72. The van der Waals surface area contributed by atoms with Gasteiger partial charge in [-0.15, -0.1) is 0 Å². The Morgan fingerprint density at radius 1 is 1.14 bits per heavy atom. The molecule has 1 aromatic carbocycles. The zero-order valence-corrected chi connectivity index (χ0v) is 11.7.